The third-order valence-electron chi connectivity index (χ3n) is 4.02. The summed E-state index contributed by atoms with van der Waals surface area (Å²) in [4.78, 5) is 38.2. The minimum atomic E-state index is -0.504. The molecule has 1 N–H and O–H groups in total. The molecule has 2 aromatic rings. The molecule has 3 rings (SSSR count). The van der Waals surface area contributed by atoms with Gasteiger partial charge in [0.15, 0.2) is 11.5 Å². The van der Waals surface area contributed by atoms with Gasteiger partial charge in [0.2, 0.25) is 5.91 Å². The molecular weight excluding hydrogens is 392 g/mol. The van der Waals surface area contributed by atoms with E-state index in [4.69, 9.17) is 9.47 Å². The molecule has 150 valence electrons. The van der Waals surface area contributed by atoms with Crippen molar-refractivity contribution < 1.29 is 23.9 Å². The molecule has 1 heterocycles. The first-order valence-corrected chi connectivity index (χ1v) is 9.74. The number of rotatable bonds is 7. The second-order valence-electron chi connectivity index (χ2n) is 6.03. The summed E-state index contributed by atoms with van der Waals surface area (Å²) in [6, 6.07) is 14.1. The van der Waals surface area contributed by atoms with Gasteiger partial charge in [-0.1, -0.05) is 24.3 Å². The van der Waals surface area contributed by atoms with E-state index >= 15 is 0 Å². The van der Waals surface area contributed by atoms with Crippen LogP contribution in [-0.2, 0) is 9.59 Å². The zero-order chi connectivity index (χ0) is 20.8. The molecule has 3 amide bonds. The minimum Gasteiger partial charge on any atom is -0.493 e. The Morgan fingerprint density at radius 3 is 2.59 bits per heavy atom. The maximum atomic E-state index is 12.6. The van der Waals surface area contributed by atoms with Crippen LogP contribution in [0.1, 0.15) is 12.5 Å². The third-order valence-corrected chi connectivity index (χ3v) is 4.93. The Labute approximate surface area is 172 Å². The Kier molecular flexibility index (Phi) is 6.56. The Morgan fingerprint density at radius 1 is 1.14 bits per heavy atom. The van der Waals surface area contributed by atoms with Crippen LogP contribution in [0.3, 0.4) is 0 Å². The largest absolute Gasteiger partial charge is 0.493 e. The molecule has 0 aromatic heterocycles. The van der Waals surface area contributed by atoms with Crippen molar-refractivity contribution in [1.29, 1.82) is 0 Å². The zero-order valence-corrected chi connectivity index (χ0v) is 16.8. The van der Waals surface area contributed by atoms with Crippen molar-refractivity contribution in [3.63, 3.8) is 0 Å². The van der Waals surface area contributed by atoms with Gasteiger partial charge in [-0.3, -0.25) is 19.3 Å². The number of carbonyl (C=O) groups is 3. The fraction of sp³-hybridized carbons (Fsp3) is 0.190. The van der Waals surface area contributed by atoms with Gasteiger partial charge >= 0.3 is 0 Å². The number of benzene rings is 2. The molecule has 0 spiro atoms. The first-order chi connectivity index (χ1) is 14.0. The van der Waals surface area contributed by atoms with Crippen LogP contribution in [-0.4, -0.2) is 42.2 Å². The number of carbonyl (C=O) groups excluding carboxylic acids is 3. The maximum Gasteiger partial charge on any atom is 0.294 e. The van der Waals surface area contributed by atoms with Crippen LogP contribution in [0.5, 0.6) is 11.5 Å². The van der Waals surface area contributed by atoms with Gasteiger partial charge in [0, 0.05) is 5.69 Å². The first-order valence-electron chi connectivity index (χ1n) is 8.93. The molecule has 0 radical (unpaired) electrons. The average Bonchev–Trinajstić information content (AvgIpc) is 2.97. The molecule has 1 aliphatic rings. The van der Waals surface area contributed by atoms with Gasteiger partial charge in [-0.05, 0) is 54.6 Å². The zero-order valence-electron chi connectivity index (χ0n) is 16.0. The van der Waals surface area contributed by atoms with Crippen LogP contribution < -0.4 is 14.8 Å². The summed E-state index contributed by atoms with van der Waals surface area (Å²) in [5.41, 5.74) is 1.28. The molecule has 0 saturated carbocycles. The lowest BCUT2D eigenvalue weighted by Gasteiger charge is -2.12. The summed E-state index contributed by atoms with van der Waals surface area (Å²) in [5, 5.41) is 2.18. The monoisotopic (exact) mass is 412 g/mol. The van der Waals surface area contributed by atoms with E-state index in [-0.39, 0.29) is 11.4 Å². The maximum absolute atomic E-state index is 12.6. The highest BCUT2D eigenvalue weighted by atomic mass is 32.2. The number of hydrogen-bond donors (Lipinski definition) is 1. The van der Waals surface area contributed by atoms with Gasteiger partial charge in [-0.15, -0.1) is 0 Å². The molecule has 1 fully saturated rings. The SMILES string of the molecule is CCOc1ccc(/C=C2\SC(=O)N(CC(=O)Nc3ccccc3)C2=O)cc1OC. The fourth-order valence-corrected chi connectivity index (χ4v) is 3.54. The van der Waals surface area contributed by atoms with Crippen LogP contribution in [0.25, 0.3) is 6.08 Å². The number of imide groups is 1. The summed E-state index contributed by atoms with van der Waals surface area (Å²) >= 11 is 0.799. The molecule has 29 heavy (non-hydrogen) atoms. The molecule has 0 atom stereocenters. The molecule has 2 aromatic carbocycles. The summed E-state index contributed by atoms with van der Waals surface area (Å²) in [6.07, 6.45) is 1.60. The lowest BCUT2D eigenvalue weighted by molar-refractivity contribution is -0.127. The van der Waals surface area contributed by atoms with Crippen molar-refractivity contribution in [2.45, 2.75) is 6.92 Å². The van der Waals surface area contributed by atoms with E-state index in [0.29, 0.717) is 29.4 Å². The minimum absolute atomic E-state index is 0.244. The van der Waals surface area contributed by atoms with Gasteiger partial charge in [-0.2, -0.15) is 0 Å². The van der Waals surface area contributed by atoms with Crippen LogP contribution in [0.4, 0.5) is 10.5 Å². The Hall–Kier alpha value is -3.26. The summed E-state index contributed by atoms with van der Waals surface area (Å²) < 4.78 is 10.8. The highest BCUT2D eigenvalue weighted by molar-refractivity contribution is 8.18. The third kappa shape index (κ3) is 4.97. The number of amides is 3. The van der Waals surface area contributed by atoms with Crippen LogP contribution in [0.15, 0.2) is 53.4 Å². The van der Waals surface area contributed by atoms with E-state index in [1.165, 1.54) is 7.11 Å². The van der Waals surface area contributed by atoms with E-state index in [0.717, 1.165) is 16.7 Å². The van der Waals surface area contributed by atoms with Crippen LogP contribution >= 0.6 is 11.8 Å². The predicted octanol–water partition coefficient (Wildman–Crippen LogP) is 3.77. The van der Waals surface area contributed by atoms with Crippen LogP contribution in [0.2, 0.25) is 0 Å². The molecule has 0 bridgehead atoms. The normalized spacial score (nSPS) is 15.0. The van der Waals surface area contributed by atoms with Crippen molar-refractivity contribution >= 4 is 40.6 Å². The van der Waals surface area contributed by atoms with E-state index in [1.807, 2.05) is 13.0 Å². The number of thioether (sulfide) groups is 1. The van der Waals surface area contributed by atoms with Gasteiger partial charge in [-0.25, -0.2) is 0 Å². The topological polar surface area (TPSA) is 84.9 Å². The smallest absolute Gasteiger partial charge is 0.294 e. The summed E-state index contributed by atoms with van der Waals surface area (Å²) in [6.45, 7) is 2.03. The van der Waals surface area contributed by atoms with Crippen molar-refractivity contribution in [2.75, 3.05) is 25.6 Å². The Balaban J connectivity index is 1.72. The summed E-state index contributed by atoms with van der Waals surface area (Å²) in [5.74, 6) is 0.179. The van der Waals surface area contributed by atoms with Crippen molar-refractivity contribution in [2.24, 2.45) is 0 Å². The molecule has 0 unspecified atom stereocenters. The van der Waals surface area contributed by atoms with Crippen molar-refractivity contribution in [1.82, 2.24) is 4.90 Å². The second kappa shape index (κ2) is 9.29. The fourth-order valence-electron chi connectivity index (χ4n) is 2.70. The molecule has 1 aliphatic heterocycles. The van der Waals surface area contributed by atoms with Gasteiger partial charge < -0.3 is 14.8 Å². The van der Waals surface area contributed by atoms with E-state index in [2.05, 4.69) is 5.32 Å². The highest BCUT2D eigenvalue weighted by Gasteiger charge is 2.36. The number of anilines is 1. The summed E-state index contributed by atoms with van der Waals surface area (Å²) in [7, 11) is 1.53. The number of para-hydroxylation sites is 1. The number of nitrogens with zero attached hydrogens (tertiary/aromatic N) is 1. The quantitative estimate of drug-likeness (QED) is 0.697. The van der Waals surface area contributed by atoms with E-state index < -0.39 is 17.1 Å². The molecule has 0 aliphatic carbocycles. The second-order valence-corrected chi connectivity index (χ2v) is 7.02. The van der Waals surface area contributed by atoms with Gasteiger partial charge in [0.1, 0.15) is 6.54 Å². The van der Waals surface area contributed by atoms with Crippen molar-refractivity contribution in [3.05, 3.63) is 59.0 Å². The number of ether oxygens (including phenoxy) is 2. The number of methoxy groups -OCH3 is 1. The Morgan fingerprint density at radius 2 is 1.90 bits per heavy atom. The van der Waals surface area contributed by atoms with Gasteiger partial charge in [0.25, 0.3) is 11.1 Å². The standard InChI is InChI=1S/C21H20N2O5S/c1-3-28-16-10-9-14(11-17(16)27-2)12-18-20(25)23(21(26)29-18)13-19(24)22-15-7-5-4-6-8-15/h4-12H,3,13H2,1-2H3,(H,22,24)/b18-12-. The Bertz CT molecular complexity index is 959. The lowest BCUT2D eigenvalue weighted by Crippen LogP contribution is -2.36. The molecule has 1 saturated heterocycles. The first kappa shape index (κ1) is 20.5. The molecule has 7 nitrogen and oxygen atoms in total. The predicted molar refractivity (Wildman–Crippen MR) is 112 cm³/mol. The van der Waals surface area contributed by atoms with Crippen molar-refractivity contribution in [3.8, 4) is 11.5 Å². The molecule has 8 heteroatoms. The average molecular weight is 412 g/mol. The van der Waals surface area contributed by atoms with E-state index in [9.17, 15) is 14.4 Å². The lowest BCUT2D eigenvalue weighted by atomic mass is 10.2. The molecular formula is C21H20N2O5S. The number of hydrogen-bond acceptors (Lipinski definition) is 6. The highest BCUT2D eigenvalue weighted by Crippen LogP contribution is 2.34. The number of nitrogens with one attached hydrogen (secondary N) is 1. The van der Waals surface area contributed by atoms with Crippen LogP contribution in [0, 0.1) is 0 Å². The van der Waals surface area contributed by atoms with Gasteiger partial charge in [0.05, 0.1) is 18.6 Å². The van der Waals surface area contributed by atoms with E-state index in [1.54, 1.807) is 48.5 Å².